The number of carbonyl (C=O) groups excluding carboxylic acids is 1. The van der Waals surface area contributed by atoms with Crippen LogP contribution in [0.25, 0.3) is 0 Å². The Morgan fingerprint density at radius 2 is 2.06 bits per heavy atom. The third-order valence-electron chi connectivity index (χ3n) is 1.96. The van der Waals surface area contributed by atoms with Gasteiger partial charge >= 0.3 is 0 Å². The van der Waals surface area contributed by atoms with E-state index in [-0.39, 0.29) is 11.8 Å². The van der Waals surface area contributed by atoms with Crippen molar-refractivity contribution in [3.8, 4) is 0 Å². The first kappa shape index (κ1) is 11.9. The van der Waals surface area contributed by atoms with Gasteiger partial charge in [-0.1, -0.05) is 0 Å². The van der Waals surface area contributed by atoms with Crippen molar-refractivity contribution in [1.82, 2.24) is 15.2 Å². The van der Waals surface area contributed by atoms with E-state index in [9.17, 15) is 18.0 Å². The molecule has 6 nitrogen and oxygen atoms in total. The number of aromatic amines is 1. The van der Waals surface area contributed by atoms with Crippen molar-refractivity contribution in [2.45, 2.75) is 0 Å². The van der Waals surface area contributed by atoms with E-state index in [0.717, 1.165) is 0 Å². The molecule has 0 radical (unpaired) electrons. The van der Waals surface area contributed by atoms with Crippen LogP contribution in [0, 0.1) is 17.5 Å². The number of nitrogens with one attached hydrogen (secondary N) is 2. The van der Waals surface area contributed by atoms with Crippen LogP contribution in [-0.2, 0) is 0 Å². The zero-order valence-electron chi connectivity index (χ0n) is 8.67. The topological polar surface area (TPSA) is 96.7 Å². The summed E-state index contributed by atoms with van der Waals surface area (Å²) in [4.78, 5) is 15.0. The Bertz CT molecular complexity index is 612. The number of halogens is 3. The molecule has 1 aromatic carbocycles. The summed E-state index contributed by atoms with van der Waals surface area (Å²) >= 11 is 0. The van der Waals surface area contributed by atoms with Crippen molar-refractivity contribution in [3.05, 3.63) is 35.4 Å². The molecule has 1 amide bonds. The number of amides is 1. The minimum Gasteiger partial charge on any atom is -0.366 e. The summed E-state index contributed by atoms with van der Waals surface area (Å²) in [6.45, 7) is 0. The second-order valence-corrected chi connectivity index (χ2v) is 3.25. The summed E-state index contributed by atoms with van der Waals surface area (Å²) in [7, 11) is 0. The lowest BCUT2D eigenvalue weighted by atomic mass is 10.2. The quantitative estimate of drug-likeness (QED) is 0.700. The normalized spacial score (nSPS) is 10.4. The fourth-order valence-electron chi connectivity index (χ4n) is 1.20. The molecule has 18 heavy (non-hydrogen) atoms. The zero-order chi connectivity index (χ0) is 13.3. The Balaban J connectivity index is 2.27. The van der Waals surface area contributed by atoms with Crippen LogP contribution in [0.2, 0.25) is 0 Å². The molecule has 2 aromatic rings. The smallest absolute Gasteiger partial charge is 0.293 e. The van der Waals surface area contributed by atoms with Crippen molar-refractivity contribution in [1.29, 1.82) is 0 Å². The van der Waals surface area contributed by atoms with Gasteiger partial charge in [0.25, 0.3) is 5.91 Å². The van der Waals surface area contributed by atoms with Gasteiger partial charge in [0.05, 0.1) is 5.69 Å². The van der Waals surface area contributed by atoms with Gasteiger partial charge in [-0.25, -0.2) is 13.2 Å². The van der Waals surface area contributed by atoms with Crippen LogP contribution in [0.15, 0.2) is 12.1 Å². The van der Waals surface area contributed by atoms with Gasteiger partial charge in [0.2, 0.25) is 11.8 Å². The van der Waals surface area contributed by atoms with Crippen LogP contribution in [0.5, 0.6) is 0 Å². The number of hydrogen-bond acceptors (Lipinski definition) is 4. The van der Waals surface area contributed by atoms with Crippen LogP contribution >= 0.6 is 0 Å². The summed E-state index contributed by atoms with van der Waals surface area (Å²) in [5.74, 6) is -5.24. The van der Waals surface area contributed by atoms with Crippen molar-refractivity contribution in [3.63, 3.8) is 0 Å². The number of nitrogen functional groups attached to an aromatic ring is 1. The van der Waals surface area contributed by atoms with Gasteiger partial charge in [-0.05, 0) is 0 Å². The third kappa shape index (κ3) is 2.24. The largest absolute Gasteiger partial charge is 0.366 e. The minimum absolute atomic E-state index is 0.189. The van der Waals surface area contributed by atoms with Crippen molar-refractivity contribution < 1.29 is 18.0 Å². The van der Waals surface area contributed by atoms with E-state index in [0.29, 0.717) is 12.1 Å². The Labute approximate surface area is 98.0 Å². The molecule has 0 unspecified atom stereocenters. The number of nitrogens with two attached hydrogens (primary N) is 1. The standard InChI is InChI=1S/C9H6F3N5O/c10-3-1-4(11)6(12)5(2-3)14-8(18)7-15-9(13)17-16-7/h1-2H,(H,14,18)(H3,13,15,16,17). The number of carbonyl (C=O) groups is 1. The maximum atomic E-state index is 13.2. The molecule has 4 N–H and O–H groups in total. The number of hydrogen-bond donors (Lipinski definition) is 3. The summed E-state index contributed by atoms with van der Waals surface area (Å²) in [5.41, 5.74) is 4.51. The average Bonchev–Trinajstić information content (AvgIpc) is 2.72. The van der Waals surface area contributed by atoms with Crippen molar-refractivity contribution in [2.24, 2.45) is 0 Å². The van der Waals surface area contributed by atoms with E-state index in [1.807, 2.05) is 5.32 Å². The van der Waals surface area contributed by atoms with Crippen molar-refractivity contribution in [2.75, 3.05) is 11.1 Å². The number of anilines is 2. The molecule has 0 saturated carbocycles. The summed E-state index contributed by atoms with van der Waals surface area (Å²) < 4.78 is 39.0. The van der Waals surface area contributed by atoms with Crippen LogP contribution in [0.1, 0.15) is 10.6 Å². The average molecular weight is 257 g/mol. The molecule has 1 aromatic heterocycles. The Kier molecular flexibility index (Phi) is 2.88. The summed E-state index contributed by atoms with van der Waals surface area (Å²) in [6.07, 6.45) is 0. The monoisotopic (exact) mass is 257 g/mol. The molecule has 0 aliphatic carbocycles. The predicted molar refractivity (Wildman–Crippen MR) is 55.1 cm³/mol. The molecule has 0 atom stereocenters. The van der Waals surface area contributed by atoms with E-state index in [1.165, 1.54) is 0 Å². The lowest BCUT2D eigenvalue weighted by Gasteiger charge is -2.05. The molecule has 0 spiro atoms. The van der Waals surface area contributed by atoms with E-state index in [4.69, 9.17) is 5.73 Å². The minimum atomic E-state index is -1.41. The fourth-order valence-corrected chi connectivity index (χ4v) is 1.20. The SMILES string of the molecule is Nc1n[nH]c(C(=O)Nc2cc(F)cc(F)c2F)n1. The predicted octanol–water partition coefficient (Wildman–Crippen LogP) is 1.06. The molecule has 0 aliphatic rings. The van der Waals surface area contributed by atoms with Gasteiger partial charge in [-0.2, -0.15) is 4.98 Å². The summed E-state index contributed by atoms with van der Waals surface area (Å²) in [6, 6.07) is 0.994. The van der Waals surface area contributed by atoms with Gasteiger partial charge in [0.15, 0.2) is 11.6 Å². The summed E-state index contributed by atoms with van der Waals surface area (Å²) in [5, 5.41) is 7.48. The number of rotatable bonds is 2. The Hall–Kier alpha value is -2.58. The Morgan fingerprint density at radius 1 is 1.33 bits per heavy atom. The highest BCUT2D eigenvalue weighted by atomic mass is 19.2. The molecule has 2 rings (SSSR count). The van der Waals surface area contributed by atoms with Gasteiger partial charge in [0, 0.05) is 12.1 Å². The molecule has 94 valence electrons. The van der Waals surface area contributed by atoms with Gasteiger partial charge < -0.3 is 11.1 Å². The van der Waals surface area contributed by atoms with Crippen LogP contribution in [-0.4, -0.2) is 21.1 Å². The number of benzene rings is 1. The highest BCUT2D eigenvalue weighted by Gasteiger charge is 2.16. The molecule has 0 saturated heterocycles. The first-order valence-electron chi connectivity index (χ1n) is 4.61. The molecule has 0 aliphatic heterocycles. The molecular weight excluding hydrogens is 251 g/mol. The third-order valence-corrected chi connectivity index (χ3v) is 1.96. The van der Waals surface area contributed by atoms with E-state index in [1.54, 1.807) is 0 Å². The zero-order valence-corrected chi connectivity index (χ0v) is 8.67. The lowest BCUT2D eigenvalue weighted by Crippen LogP contribution is -2.15. The van der Waals surface area contributed by atoms with Crippen LogP contribution < -0.4 is 11.1 Å². The number of nitrogens with zero attached hydrogens (tertiary/aromatic N) is 2. The molecule has 0 bridgehead atoms. The molecule has 0 fully saturated rings. The van der Waals surface area contributed by atoms with Gasteiger partial charge in [-0.3, -0.25) is 9.89 Å². The number of aromatic nitrogens is 3. The van der Waals surface area contributed by atoms with Crippen LogP contribution in [0.4, 0.5) is 24.8 Å². The fraction of sp³-hybridized carbons (Fsp3) is 0. The molecule has 9 heteroatoms. The van der Waals surface area contributed by atoms with Gasteiger partial charge in [0.1, 0.15) is 5.82 Å². The Morgan fingerprint density at radius 3 is 2.67 bits per heavy atom. The maximum Gasteiger partial charge on any atom is 0.293 e. The second-order valence-electron chi connectivity index (χ2n) is 3.25. The second kappa shape index (κ2) is 4.35. The first-order chi connectivity index (χ1) is 8.47. The van der Waals surface area contributed by atoms with E-state index >= 15 is 0 Å². The highest BCUT2D eigenvalue weighted by molar-refractivity contribution is 6.01. The van der Waals surface area contributed by atoms with Crippen LogP contribution in [0.3, 0.4) is 0 Å². The highest BCUT2D eigenvalue weighted by Crippen LogP contribution is 2.19. The van der Waals surface area contributed by atoms with Crippen molar-refractivity contribution >= 4 is 17.5 Å². The maximum absolute atomic E-state index is 13.2. The van der Waals surface area contributed by atoms with E-state index < -0.39 is 29.0 Å². The molecular formula is C9H6F3N5O. The van der Waals surface area contributed by atoms with Gasteiger partial charge in [-0.15, -0.1) is 5.10 Å². The van der Waals surface area contributed by atoms with E-state index in [2.05, 4.69) is 15.2 Å². The first-order valence-corrected chi connectivity index (χ1v) is 4.61. The molecule has 1 heterocycles. The number of H-pyrrole nitrogens is 1. The lowest BCUT2D eigenvalue weighted by molar-refractivity contribution is 0.101.